The van der Waals surface area contributed by atoms with E-state index >= 15 is 0 Å². The van der Waals surface area contributed by atoms with Gasteiger partial charge < -0.3 is 9.63 Å². The average Bonchev–Trinajstić information content (AvgIpc) is 3.37. The lowest BCUT2D eigenvalue weighted by atomic mass is 9.69. The Morgan fingerprint density at radius 1 is 1.05 bits per heavy atom. The minimum atomic E-state index is -0.799. The second-order valence-electron chi connectivity index (χ2n) is 11.6. The van der Waals surface area contributed by atoms with Gasteiger partial charge in [0.25, 0.3) is 0 Å². The molecule has 1 aromatic heterocycles. The fraction of sp³-hybridized carbons (Fsp3) is 0.452. The summed E-state index contributed by atoms with van der Waals surface area (Å²) < 4.78 is 32.7. The molecule has 1 saturated heterocycles. The van der Waals surface area contributed by atoms with Crippen LogP contribution in [0.15, 0.2) is 59.1 Å². The Morgan fingerprint density at radius 3 is 2.46 bits per heavy atom. The Kier molecular flexibility index (Phi) is 7.78. The van der Waals surface area contributed by atoms with E-state index < -0.39 is 22.7 Å². The molecule has 0 spiro atoms. The maximum atomic E-state index is 14.2. The molecule has 6 nitrogen and oxygen atoms in total. The predicted octanol–water partition coefficient (Wildman–Crippen LogP) is 5.78. The van der Waals surface area contributed by atoms with Gasteiger partial charge in [0.1, 0.15) is 23.1 Å². The number of ketones is 2. The number of hydrogen-bond donors (Lipinski definition) is 1. The van der Waals surface area contributed by atoms with Gasteiger partial charge in [-0.15, -0.1) is 0 Å². The summed E-state index contributed by atoms with van der Waals surface area (Å²) in [7, 11) is 0. The van der Waals surface area contributed by atoms with E-state index in [4.69, 9.17) is 4.52 Å². The van der Waals surface area contributed by atoms with E-state index in [9.17, 15) is 23.5 Å². The van der Waals surface area contributed by atoms with E-state index in [1.807, 2.05) is 37.3 Å². The summed E-state index contributed by atoms with van der Waals surface area (Å²) >= 11 is 0. The SMILES string of the molecule is CC1(O)CCC(N2CC(CC(=O)CCc3ccccc3)(CC(=O)c3cc(-c4ccc(F)cc4F)on3)C2)CC1. The Balaban J connectivity index is 1.27. The van der Waals surface area contributed by atoms with Crippen LogP contribution < -0.4 is 0 Å². The van der Waals surface area contributed by atoms with E-state index in [-0.39, 0.29) is 35.0 Å². The summed E-state index contributed by atoms with van der Waals surface area (Å²) in [6.07, 6.45) is 4.72. The first-order chi connectivity index (χ1) is 18.6. The largest absolute Gasteiger partial charge is 0.390 e. The molecule has 5 rings (SSSR count). The average molecular weight is 537 g/mol. The van der Waals surface area contributed by atoms with Gasteiger partial charge in [0.15, 0.2) is 11.5 Å². The number of Topliss-reactive ketones (excluding diaryl/α,β-unsaturated/α-hetero) is 2. The van der Waals surface area contributed by atoms with Gasteiger partial charge in [-0.2, -0.15) is 0 Å². The first-order valence-electron chi connectivity index (χ1n) is 13.6. The van der Waals surface area contributed by atoms with Gasteiger partial charge >= 0.3 is 0 Å². The molecule has 2 fully saturated rings. The topological polar surface area (TPSA) is 83.6 Å². The molecule has 0 amide bonds. The summed E-state index contributed by atoms with van der Waals surface area (Å²) in [6, 6.07) is 14.7. The van der Waals surface area contributed by atoms with Crippen molar-refractivity contribution in [1.29, 1.82) is 0 Å². The zero-order valence-corrected chi connectivity index (χ0v) is 22.2. The third-order valence-electron chi connectivity index (χ3n) is 8.26. The Morgan fingerprint density at radius 2 is 1.77 bits per heavy atom. The summed E-state index contributed by atoms with van der Waals surface area (Å²) in [4.78, 5) is 28.8. The second kappa shape index (κ2) is 11.1. The van der Waals surface area contributed by atoms with E-state index in [1.165, 1.54) is 12.1 Å². The lowest BCUT2D eigenvalue weighted by Crippen LogP contribution is -2.62. The summed E-state index contributed by atoms with van der Waals surface area (Å²) in [5, 5.41) is 14.2. The number of likely N-dealkylation sites (tertiary alicyclic amines) is 1. The quantitative estimate of drug-likeness (QED) is 0.331. The number of aryl methyl sites for hydroxylation is 1. The molecule has 2 heterocycles. The summed E-state index contributed by atoms with van der Waals surface area (Å²) in [6.45, 7) is 3.12. The zero-order chi connectivity index (χ0) is 27.6. The first-order valence-corrected chi connectivity index (χ1v) is 13.6. The lowest BCUT2D eigenvalue weighted by molar-refractivity contribution is -0.127. The fourth-order valence-corrected chi connectivity index (χ4v) is 6.04. The van der Waals surface area contributed by atoms with Crippen molar-refractivity contribution < 1.29 is 28.0 Å². The molecule has 2 aliphatic rings. The van der Waals surface area contributed by atoms with Crippen LogP contribution in [0.3, 0.4) is 0 Å². The molecule has 206 valence electrons. The van der Waals surface area contributed by atoms with Crippen LogP contribution in [0.2, 0.25) is 0 Å². The third-order valence-corrected chi connectivity index (χ3v) is 8.26. The minimum Gasteiger partial charge on any atom is -0.390 e. The highest BCUT2D eigenvalue weighted by Gasteiger charge is 2.49. The molecule has 2 aromatic carbocycles. The van der Waals surface area contributed by atoms with Crippen molar-refractivity contribution in [2.24, 2.45) is 5.41 Å². The molecule has 0 radical (unpaired) electrons. The number of nitrogens with zero attached hydrogens (tertiary/aromatic N) is 2. The molecule has 0 atom stereocenters. The van der Waals surface area contributed by atoms with Gasteiger partial charge in [0, 0.05) is 55.9 Å². The normalized spacial score (nSPS) is 22.8. The van der Waals surface area contributed by atoms with Crippen LogP contribution in [0.5, 0.6) is 0 Å². The lowest BCUT2D eigenvalue weighted by Gasteiger charge is -2.54. The van der Waals surface area contributed by atoms with Crippen LogP contribution in [0, 0.1) is 17.0 Å². The number of benzene rings is 2. The van der Waals surface area contributed by atoms with Crippen LogP contribution in [0.4, 0.5) is 8.78 Å². The number of rotatable bonds is 10. The molecule has 1 saturated carbocycles. The van der Waals surface area contributed by atoms with Gasteiger partial charge in [-0.1, -0.05) is 35.5 Å². The van der Waals surface area contributed by atoms with Crippen molar-refractivity contribution in [3.05, 3.63) is 77.5 Å². The zero-order valence-electron chi connectivity index (χ0n) is 22.2. The number of aromatic nitrogens is 1. The highest BCUT2D eigenvalue weighted by atomic mass is 19.1. The van der Waals surface area contributed by atoms with Gasteiger partial charge in [-0.3, -0.25) is 14.5 Å². The van der Waals surface area contributed by atoms with E-state index in [1.54, 1.807) is 0 Å². The molecular formula is C31H34F2N2O4. The molecule has 1 N–H and O–H groups in total. The van der Waals surface area contributed by atoms with Crippen molar-refractivity contribution in [3.8, 4) is 11.3 Å². The molecule has 1 aliphatic carbocycles. The van der Waals surface area contributed by atoms with Gasteiger partial charge in [0.2, 0.25) is 0 Å². The van der Waals surface area contributed by atoms with Crippen LogP contribution in [0.25, 0.3) is 11.3 Å². The number of aliphatic hydroxyl groups is 1. The molecule has 39 heavy (non-hydrogen) atoms. The molecular weight excluding hydrogens is 502 g/mol. The van der Waals surface area contributed by atoms with E-state index in [2.05, 4.69) is 10.1 Å². The fourth-order valence-electron chi connectivity index (χ4n) is 6.04. The van der Waals surface area contributed by atoms with Crippen LogP contribution in [-0.2, 0) is 11.2 Å². The number of halogens is 2. The minimum absolute atomic E-state index is 0.0248. The molecule has 0 unspecified atom stereocenters. The van der Waals surface area contributed by atoms with Gasteiger partial charge in [-0.05, 0) is 56.7 Å². The monoisotopic (exact) mass is 536 g/mol. The third kappa shape index (κ3) is 6.50. The van der Waals surface area contributed by atoms with Crippen LogP contribution in [0.1, 0.15) is 67.9 Å². The maximum Gasteiger partial charge on any atom is 0.185 e. The standard InChI is InChI=1S/C31H34F2N2O4/c1-30(38)13-11-23(12-14-30)35-19-31(20-35,17-24(36)9-7-21-5-3-2-4-6-21)18-28(37)27-16-29(39-34-27)25-10-8-22(32)15-26(25)33/h2-6,8,10,15-16,23,38H,7,9,11-14,17-20H2,1H3. The van der Waals surface area contributed by atoms with E-state index in [0.717, 1.165) is 43.4 Å². The Hall–Kier alpha value is -3.23. The Labute approximate surface area is 227 Å². The van der Waals surface area contributed by atoms with Crippen molar-refractivity contribution in [2.75, 3.05) is 13.1 Å². The Bertz CT molecular complexity index is 1320. The van der Waals surface area contributed by atoms with Crippen molar-refractivity contribution in [1.82, 2.24) is 10.1 Å². The number of carbonyl (C=O) groups is 2. The molecule has 0 bridgehead atoms. The van der Waals surface area contributed by atoms with Gasteiger partial charge in [0.05, 0.1) is 11.2 Å². The number of hydrogen-bond acceptors (Lipinski definition) is 6. The highest BCUT2D eigenvalue weighted by molar-refractivity contribution is 5.96. The number of carbonyl (C=O) groups excluding carboxylic acids is 2. The first kappa shape index (κ1) is 27.3. The highest BCUT2D eigenvalue weighted by Crippen LogP contribution is 2.43. The van der Waals surface area contributed by atoms with Crippen molar-refractivity contribution >= 4 is 11.6 Å². The second-order valence-corrected chi connectivity index (χ2v) is 11.6. The van der Waals surface area contributed by atoms with Crippen LogP contribution >= 0.6 is 0 Å². The van der Waals surface area contributed by atoms with Crippen molar-refractivity contribution in [2.45, 2.75) is 69.9 Å². The molecule has 8 heteroatoms. The summed E-state index contributed by atoms with van der Waals surface area (Å²) in [5.41, 5.74) is 0.0547. The maximum absolute atomic E-state index is 14.2. The molecule has 1 aliphatic heterocycles. The predicted molar refractivity (Wildman–Crippen MR) is 142 cm³/mol. The van der Waals surface area contributed by atoms with Crippen LogP contribution in [-0.4, -0.2) is 51.5 Å². The smallest absolute Gasteiger partial charge is 0.185 e. The van der Waals surface area contributed by atoms with E-state index in [0.29, 0.717) is 38.4 Å². The molecule has 3 aromatic rings. The summed E-state index contributed by atoms with van der Waals surface area (Å²) in [5.74, 6) is -1.61. The van der Waals surface area contributed by atoms with Gasteiger partial charge in [-0.25, -0.2) is 8.78 Å². The van der Waals surface area contributed by atoms with Crippen molar-refractivity contribution in [3.63, 3.8) is 0 Å².